The Morgan fingerprint density at radius 1 is 1.05 bits per heavy atom. The van der Waals surface area contributed by atoms with Crippen molar-refractivity contribution in [3.63, 3.8) is 0 Å². The van der Waals surface area contributed by atoms with E-state index in [-0.39, 0.29) is 0 Å². The molecule has 2 unspecified atom stereocenters. The van der Waals surface area contributed by atoms with Gasteiger partial charge in [-0.05, 0) is 37.6 Å². The van der Waals surface area contributed by atoms with Gasteiger partial charge in [-0.25, -0.2) is 0 Å². The Kier molecular flexibility index (Phi) is 4.04. The van der Waals surface area contributed by atoms with Crippen LogP contribution in [0.15, 0.2) is 30.3 Å². The maximum absolute atomic E-state index is 3.50. The molecule has 0 aliphatic carbocycles. The van der Waals surface area contributed by atoms with E-state index in [1.165, 1.54) is 51.4 Å². The molecule has 3 heteroatoms. The summed E-state index contributed by atoms with van der Waals surface area (Å²) in [5, 5.41) is 3.50. The van der Waals surface area contributed by atoms with Gasteiger partial charge in [-0.15, -0.1) is 0 Å². The Morgan fingerprint density at radius 3 is 2.47 bits per heavy atom. The van der Waals surface area contributed by atoms with Crippen molar-refractivity contribution in [2.45, 2.75) is 19.4 Å². The molecule has 0 spiro atoms. The fourth-order valence-corrected chi connectivity index (χ4v) is 3.49. The molecule has 0 radical (unpaired) electrons. The number of hydrogen-bond acceptors (Lipinski definition) is 3. The van der Waals surface area contributed by atoms with Crippen LogP contribution in [-0.2, 0) is 0 Å². The highest BCUT2D eigenvalue weighted by Crippen LogP contribution is 2.21. The summed E-state index contributed by atoms with van der Waals surface area (Å²) in [6.07, 6.45) is 1.31. The second kappa shape index (κ2) is 5.93. The van der Waals surface area contributed by atoms with Crippen molar-refractivity contribution >= 4 is 5.69 Å². The Hall–Kier alpha value is -1.06. The summed E-state index contributed by atoms with van der Waals surface area (Å²) in [4.78, 5) is 5.23. The number of rotatable bonds is 2. The minimum absolute atomic E-state index is 0.789. The summed E-state index contributed by atoms with van der Waals surface area (Å²) in [6.45, 7) is 9.52. The standard InChI is InChI=1S/C16H25N3/c1-14-13-17-8-7-16(14)19-11-9-18(10-12-19)15-5-3-2-4-6-15/h2-6,14,16-17H,7-13H2,1H3. The van der Waals surface area contributed by atoms with Gasteiger partial charge in [0.1, 0.15) is 0 Å². The normalized spacial score (nSPS) is 29.4. The topological polar surface area (TPSA) is 18.5 Å². The lowest BCUT2D eigenvalue weighted by Gasteiger charge is -2.44. The maximum Gasteiger partial charge on any atom is 0.0367 e. The summed E-state index contributed by atoms with van der Waals surface area (Å²) < 4.78 is 0. The lowest BCUT2D eigenvalue weighted by Crippen LogP contribution is -2.55. The van der Waals surface area contributed by atoms with Gasteiger partial charge in [-0.1, -0.05) is 25.1 Å². The molecule has 2 aliphatic heterocycles. The second-order valence-electron chi connectivity index (χ2n) is 5.90. The third-order valence-electron chi connectivity index (χ3n) is 4.64. The summed E-state index contributed by atoms with van der Waals surface area (Å²) in [7, 11) is 0. The lowest BCUT2D eigenvalue weighted by atomic mass is 9.93. The predicted octanol–water partition coefficient (Wildman–Crippen LogP) is 1.81. The molecule has 0 bridgehead atoms. The molecule has 19 heavy (non-hydrogen) atoms. The number of benzene rings is 1. The van der Waals surface area contributed by atoms with Gasteiger partial charge in [-0.2, -0.15) is 0 Å². The molecule has 3 rings (SSSR count). The van der Waals surface area contributed by atoms with E-state index in [1.54, 1.807) is 0 Å². The minimum atomic E-state index is 0.789. The van der Waals surface area contributed by atoms with E-state index < -0.39 is 0 Å². The fourth-order valence-electron chi connectivity index (χ4n) is 3.49. The molecule has 2 atom stereocenters. The summed E-state index contributed by atoms with van der Waals surface area (Å²) in [6, 6.07) is 11.6. The Morgan fingerprint density at radius 2 is 1.79 bits per heavy atom. The van der Waals surface area contributed by atoms with Crippen LogP contribution in [0.5, 0.6) is 0 Å². The number of nitrogens with one attached hydrogen (secondary N) is 1. The first-order valence-electron chi connectivity index (χ1n) is 7.59. The maximum atomic E-state index is 3.50. The Balaban J connectivity index is 1.57. The van der Waals surface area contributed by atoms with Gasteiger partial charge in [0, 0.05) is 37.9 Å². The molecule has 2 aliphatic rings. The number of piperazine rings is 1. The largest absolute Gasteiger partial charge is 0.369 e. The van der Waals surface area contributed by atoms with Gasteiger partial charge in [0.15, 0.2) is 0 Å². The first kappa shape index (κ1) is 12.9. The highest BCUT2D eigenvalue weighted by Gasteiger charge is 2.29. The van der Waals surface area contributed by atoms with Gasteiger partial charge >= 0.3 is 0 Å². The van der Waals surface area contributed by atoms with Crippen LogP contribution in [0.2, 0.25) is 0 Å². The van der Waals surface area contributed by atoms with Crippen LogP contribution in [0.4, 0.5) is 5.69 Å². The van der Waals surface area contributed by atoms with Crippen LogP contribution < -0.4 is 10.2 Å². The van der Waals surface area contributed by atoms with Crippen LogP contribution in [0.25, 0.3) is 0 Å². The third kappa shape index (κ3) is 2.93. The molecule has 0 aromatic heterocycles. The summed E-state index contributed by atoms with van der Waals surface area (Å²) in [5.41, 5.74) is 1.38. The molecular formula is C16H25N3. The molecule has 2 fully saturated rings. The van der Waals surface area contributed by atoms with E-state index in [0.29, 0.717) is 0 Å². The molecule has 104 valence electrons. The van der Waals surface area contributed by atoms with E-state index >= 15 is 0 Å². The molecule has 0 amide bonds. The number of hydrogen-bond donors (Lipinski definition) is 1. The quantitative estimate of drug-likeness (QED) is 0.874. The Bertz CT molecular complexity index is 384. The van der Waals surface area contributed by atoms with Gasteiger partial charge < -0.3 is 10.2 Å². The molecular weight excluding hydrogens is 234 g/mol. The molecule has 0 saturated carbocycles. The molecule has 1 aromatic rings. The lowest BCUT2D eigenvalue weighted by molar-refractivity contribution is 0.113. The van der Waals surface area contributed by atoms with Crippen molar-refractivity contribution in [3.8, 4) is 0 Å². The van der Waals surface area contributed by atoms with Gasteiger partial charge in [0.25, 0.3) is 0 Å². The highest BCUT2D eigenvalue weighted by molar-refractivity contribution is 5.46. The number of para-hydroxylation sites is 1. The zero-order valence-electron chi connectivity index (χ0n) is 11.9. The number of piperidine rings is 1. The zero-order chi connectivity index (χ0) is 13.1. The first-order valence-corrected chi connectivity index (χ1v) is 7.59. The van der Waals surface area contributed by atoms with Crippen LogP contribution in [0, 0.1) is 5.92 Å². The molecule has 2 heterocycles. The monoisotopic (exact) mass is 259 g/mol. The van der Waals surface area contributed by atoms with Gasteiger partial charge in [0.2, 0.25) is 0 Å². The fraction of sp³-hybridized carbons (Fsp3) is 0.625. The Labute approximate surface area is 116 Å². The first-order chi connectivity index (χ1) is 9.34. The highest BCUT2D eigenvalue weighted by atomic mass is 15.3. The number of nitrogens with zero attached hydrogens (tertiary/aromatic N) is 2. The van der Waals surface area contributed by atoms with Gasteiger partial charge in [-0.3, -0.25) is 4.90 Å². The van der Waals surface area contributed by atoms with Crippen molar-refractivity contribution in [2.75, 3.05) is 44.2 Å². The average Bonchev–Trinajstić information content (AvgIpc) is 2.49. The summed E-state index contributed by atoms with van der Waals surface area (Å²) >= 11 is 0. The molecule has 3 nitrogen and oxygen atoms in total. The van der Waals surface area contributed by atoms with Crippen molar-refractivity contribution in [1.82, 2.24) is 10.2 Å². The predicted molar refractivity (Wildman–Crippen MR) is 80.7 cm³/mol. The van der Waals surface area contributed by atoms with Crippen molar-refractivity contribution in [1.29, 1.82) is 0 Å². The van der Waals surface area contributed by atoms with E-state index in [2.05, 4.69) is 52.4 Å². The minimum Gasteiger partial charge on any atom is -0.369 e. The van der Waals surface area contributed by atoms with Crippen LogP contribution in [0.1, 0.15) is 13.3 Å². The van der Waals surface area contributed by atoms with E-state index in [0.717, 1.165) is 12.0 Å². The second-order valence-corrected chi connectivity index (χ2v) is 5.90. The van der Waals surface area contributed by atoms with Crippen LogP contribution in [-0.4, -0.2) is 50.2 Å². The van der Waals surface area contributed by atoms with Crippen molar-refractivity contribution < 1.29 is 0 Å². The average molecular weight is 259 g/mol. The molecule has 1 aromatic carbocycles. The van der Waals surface area contributed by atoms with Crippen molar-refractivity contribution in [3.05, 3.63) is 30.3 Å². The zero-order valence-corrected chi connectivity index (χ0v) is 11.9. The van der Waals surface area contributed by atoms with E-state index in [9.17, 15) is 0 Å². The van der Waals surface area contributed by atoms with Crippen LogP contribution in [0.3, 0.4) is 0 Å². The van der Waals surface area contributed by atoms with Crippen molar-refractivity contribution in [2.24, 2.45) is 5.92 Å². The van der Waals surface area contributed by atoms with E-state index in [1.807, 2.05) is 0 Å². The number of anilines is 1. The smallest absolute Gasteiger partial charge is 0.0367 e. The summed E-state index contributed by atoms with van der Waals surface area (Å²) in [5.74, 6) is 0.789. The SMILES string of the molecule is CC1CNCCC1N1CCN(c2ccccc2)CC1. The third-order valence-corrected chi connectivity index (χ3v) is 4.64. The molecule has 1 N–H and O–H groups in total. The van der Waals surface area contributed by atoms with Gasteiger partial charge in [0.05, 0.1) is 0 Å². The van der Waals surface area contributed by atoms with Crippen LogP contribution >= 0.6 is 0 Å². The molecule has 2 saturated heterocycles. The van der Waals surface area contributed by atoms with E-state index in [4.69, 9.17) is 0 Å².